The molecule has 33 heavy (non-hydrogen) atoms. The predicted octanol–water partition coefficient (Wildman–Crippen LogP) is 4.22. The van der Waals surface area contributed by atoms with Gasteiger partial charge >= 0.3 is 0 Å². The largest absolute Gasteiger partial charge is 0.322 e. The van der Waals surface area contributed by atoms with Gasteiger partial charge in [-0.25, -0.2) is 18.1 Å². The molecule has 3 aromatic heterocycles. The summed E-state index contributed by atoms with van der Waals surface area (Å²) in [6.45, 7) is 3.65. The van der Waals surface area contributed by atoms with Gasteiger partial charge in [-0.3, -0.25) is 4.79 Å². The fourth-order valence-electron chi connectivity index (χ4n) is 4.03. The van der Waals surface area contributed by atoms with Crippen LogP contribution >= 0.6 is 11.3 Å². The highest BCUT2D eigenvalue weighted by atomic mass is 32.2. The topological polar surface area (TPSA) is 97.2 Å². The Kier molecular flexibility index (Phi) is 5.73. The van der Waals surface area contributed by atoms with E-state index >= 15 is 0 Å². The van der Waals surface area contributed by atoms with Gasteiger partial charge in [0.15, 0.2) is 5.65 Å². The van der Waals surface area contributed by atoms with E-state index in [2.05, 4.69) is 10.4 Å². The van der Waals surface area contributed by atoms with Crippen LogP contribution in [-0.4, -0.2) is 46.5 Å². The Labute approximate surface area is 195 Å². The molecule has 1 aromatic carbocycles. The zero-order chi connectivity index (χ0) is 23.0. The van der Waals surface area contributed by atoms with Gasteiger partial charge in [0.05, 0.1) is 32.6 Å². The van der Waals surface area contributed by atoms with E-state index in [4.69, 9.17) is 4.98 Å². The van der Waals surface area contributed by atoms with Gasteiger partial charge in [-0.2, -0.15) is 9.40 Å². The Morgan fingerprint density at radius 3 is 2.70 bits per heavy atom. The Bertz CT molecular complexity index is 1420. The van der Waals surface area contributed by atoms with Crippen LogP contribution in [0.2, 0.25) is 0 Å². The Balaban J connectivity index is 1.50. The van der Waals surface area contributed by atoms with Crippen molar-refractivity contribution in [2.75, 3.05) is 18.4 Å². The average Bonchev–Trinajstić information content (AvgIpc) is 3.60. The van der Waals surface area contributed by atoms with Crippen LogP contribution in [0.4, 0.5) is 5.69 Å². The lowest BCUT2D eigenvalue weighted by Crippen LogP contribution is -2.27. The van der Waals surface area contributed by atoms with Crippen molar-refractivity contribution in [1.82, 2.24) is 19.1 Å². The average molecular weight is 482 g/mol. The van der Waals surface area contributed by atoms with Crippen molar-refractivity contribution in [3.63, 3.8) is 0 Å². The first-order chi connectivity index (χ1) is 16.0. The number of carbonyl (C=O) groups excluding carboxylic acids is 1. The monoisotopic (exact) mass is 481 g/mol. The maximum Gasteiger partial charge on any atom is 0.256 e. The minimum Gasteiger partial charge on any atom is -0.322 e. The fraction of sp³-hybridized carbons (Fsp3) is 0.261. The lowest BCUT2D eigenvalue weighted by atomic mass is 10.1. The standard InChI is InChI=1S/C23H23N5O3S2/c1-2-28-22-19(15-24-28)18(14-20(26-22)21-9-6-12-32-21)23(29)25-16-7-5-8-17(13-16)33(30,31)27-10-3-4-11-27/h5-9,12-15H,2-4,10-11H2,1H3,(H,25,29). The van der Waals surface area contributed by atoms with Crippen molar-refractivity contribution in [2.24, 2.45) is 0 Å². The first kappa shape index (κ1) is 21.7. The van der Waals surface area contributed by atoms with E-state index in [9.17, 15) is 13.2 Å². The molecule has 1 saturated heterocycles. The van der Waals surface area contributed by atoms with Crippen LogP contribution < -0.4 is 5.32 Å². The summed E-state index contributed by atoms with van der Waals surface area (Å²) in [6.07, 6.45) is 3.38. The van der Waals surface area contributed by atoms with Gasteiger partial charge in [0, 0.05) is 25.3 Å². The highest BCUT2D eigenvalue weighted by Crippen LogP contribution is 2.29. The van der Waals surface area contributed by atoms with Gasteiger partial charge in [0.2, 0.25) is 10.0 Å². The first-order valence-corrected chi connectivity index (χ1v) is 13.1. The number of pyridine rings is 1. The second-order valence-corrected chi connectivity index (χ2v) is 10.7. The number of hydrogen-bond acceptors (Lipinski definition) is 6. The number of aryl methyl sites for hydroxylation is 1. The van der Waals surface area contributed by atoms with Crippen LogP contribution in [-0.2, 0) is 16.6 Å². The molecule has 0 bridgehead atoms. The summed E-state index contributed by atoms with van der Waals surface area (Å²) in [5.41, 5.74) is 2.20. The van der Waals surface area contributed by atoms with Crippen molar-refractivity contribution >= 4 is 44.0 Å². The molecule has 4 aromatic rings. The molecule has 1 amide bonds. The second-order valence-electron chi connectivity index (χ2n) is 7.82. The zero-order valence-electron chi connectivity index (χ0n) is 18.1. The van der Waals surface area contributed by atoms with Crippen molar-refractivity contribution in [2.45, 2.75) is 31.2 Å². The molecule has 4 heterocycles. The summed E-state index contributed by atoms with van der Waals surface area (Å²) in [5.74, 6) is -0.341. The Morgan fingerprint density at radius 1 is 1.15 bits per heavy atom. The van der Waals surface area contributed by atoms with Crippen molar-refractivity contribution in [1.29, 1.82) is 0 Å². The molecular formula is C23H23N5O3S2. The molecular weight excluding hydrogens is 458 g/mol. The third-order valence-corrected chi connectivity index (χ3v) is 8.51. The number of thiophene rings is 1. The first-order valence-electron chi connectivity index (χ1n) is 10.8. The number of rotatable bonds is 6. The number of nitrogens with zero attached hydrogens (tertiary/aromatic N) is 4. The Hall–Kier alpha value is -3.08. The number of aromatic nitrogens is 3. The summed E-state index contributed by atoms with van der Waals surface area (Å²) in [4.78, 5) is 19.2. The van der Waals surface area contributed by atoms with E-state index in [1.54, 1.807) is 46.5 Å². The molecule has 5 rings (SSSR count). The van der Waals surface area contributed by atoms with Crippen LogP contribution in [0.1, 0.15) is 30.1 Å². The van der Waals surface area contributed by atoms with Crippen LogP contribution in [0.3, 0.4) is 0 Å². The molecule has 0 spiro atoms. The molecule has 8 nitrogen and oxygen atoms in total. The molecule has 1 aliphatic heterocycles. The van der Waals surface area contributed by atoms with Crippen molar-refractivity contribution in [3.05, 3.63) is 59.6 Å². The molecule has 170 valence electrons. The number of hydrogen-bond donors (Lipinski definition) is 1. The van der Waals surface area contributed by atoms with Gasteiger partial charge in [-0.15, -0.1) is 11.3 Å². The third-order valence-electron chi connectivity index (χ3n) is 5.72. The molecule has 0 radical (unpaired) electrons. The lowest BCUT2D eigenvalue weighted by molar-refractivity contribution is 0.102. The van der Waals surface area contributed by atoms with Gasteiger partial charge < -0.3 is 5.32 Å². The molecule has 1 aliphatic rings. The van der Waals surface area contributed by atoms with E-state index in [-0.39, 0.29) is 10.8 Å². The molecule has 1 fully saturated rings. The van der Waals surface area contributed by atoms with E-state index in [0.717, 1.165) is 17.7 Å². The fourth-order valence-corrected chi connectivity index (χ4v) is 6.28. The third kappa shape index (κ3) is 4.05. The smallest absolute Gasteiger partial charge is 0.256 e. The second kappa shape index (κ2) is 8.69. The van der Waals surface area contributed by atoms with E-state index in [0.29, 0.717) is 47.6 Å². The number of amides is 1. The number of carbonyl (C=O) groups is 1. The molecule has 0 saturated carbocycles. The molecule has 0 aliphatic carbocycles. The van der Waals surface area contributed by atoms with Gasteiger partial charge in [-0.1, -0.05) is 12.1 Å². The van der Waals surface area contributed by atoms with Gasteiger partial charge in [0.1, 0.15) is 0 Å². The van der Waals surface area contributed by atoms with E-state index in [1.807, 2.05) is 24.4 Å². The summed E-state index contributed by atoms with van der Waals surface area (Å²) >= 11 is 1.55. The number of nitrogens with one attached hydrogen (secondary N) is 1. The maximum absolute atomic E-state index is 13.3. The summed E-state index contributed by atoms with van der Waals surface area (Å²) < 4.78 is 29.1. The minimum atomic E-state index is -3.57. The van der Waals surface area contributed by atoms with Crippen LogP contribution in [0.25, 0.3) is 21.6 Å². The summed E-state index contributed by atoms with van der Waals surface area (Å²) in [7, 11) is -3.57. The molecule has 1 N–H and O–H groups in total. The van der Waals surface area contributed by atoms with Crippen molar-refractivity contribution < 1.29 is 13.2 Å². The van der Waals surface area contributed by atoms with Crippen LogP contribution in [0, 0.1) is 0 Å². The SMILES string of the molecule is CCn1ncc2c(C(=O)Nc3cccc(S(=O)(=O)N4CCCC4)c3)cc(-c3cccs3)nc21. The molecule has 0 atom stereocenters. The summed E-state index contributed by atoms with van der Waals surface area (Å²) in [5, 5.41) is 9.85. The molecule has 10 heteroatoms. The maximum atomic E-state index is 13.3. The van der Waals surface area contributed by atoms with Gasteiger partial charge in [0.25, 0.3) is 5.91 Å². The summed E-state index contributed by atoms with van der Waals surface area (Å²) in [6, 6.07) is 12.1. The number of sulfonamides is 1. The zero-order valence-corrected chi connectivity index (χ0v) is 19.7. The number of benzene rings is 1. The van der Waals surface area contributed by atoms with Crippen LogP contribution in [0.15, 0.2) is 58.9 Å². The minimum absolute atomic E-state index is 0.181. The highest BCUT2D eigenvalue weighted by molar-refractivity contribution is 7.89. The lowest BCUT2D eigenvalue weighted by Gasteiger charge is -2.16. The quantitative estimate of drug-likeness (QED) is 0.445. The van der Waals surface area contributed by atoms with Gasteiger partial charge in [-0.05, 0) is 55.5 Å². The van der Waals surface area contributed by atoms with E-state index < -0.39 is 10.0 Å². The highest BCUT2D eigenvalue weighted by Gasteiger charge is 2.27. The normalized spacial score (nSPS) is 14.7. The Morgan fingerprint density at radius 2 is 1.97 bits per heavy atom. The van der Waals surface area contributed by atoms with Crippen molar-refractivity contribution in [3.8, 4) is 10.6 Å². The van der Waals surface area contributed by atoms with Crippen LogP contribution in [0.5, 0.6) is 0 Å². The molecule has 0 unspecified atom stereocenters. The number of fused-ring (bicyclic) bond motifs is 1. The van der Waals surface area contributed by atoms with E-state index in [1.165, 1.54) is 10.4 Å². The predicted molar refractivity (Wildman–Crippen MR) is 129 cm³/mol. The number of anilines is 1.